The van der Waals surface area contributed by atoms with Gasteiger partial charge in [0.15, 0.2) is 0 Å². The summed E-state index contributed by atoms with van der Waals surface area (Å²) in [6.07, 6.45) is 0. The molecular formula is C36H21N3. The molecule has 0 spiro atoms. The highest BCUT2D eigenvalue weighted by Crippen LogP contribution is 2.44. The average molecular weight is 496 g/mol. The van der Waals surface area contributed by atoms with E-state index in [9.17, 15) is 0 Å². The molecule has 0 amide bonds. The van der Waals surface area contributed by atoms with Crippen LogP contribution < -0.4 is 0 Å². The van der Waals surface area contributed by atoms with Gasteiger partial charge >= 0.3 is 0 Å². The van der Waals surface area contributed by atoms with Crippen molar-refractivity contribution in [3.8, 4) is 0 Å². The van der Waals surface area contributed by atoms with E-state index in [0.717, 1.165) is 11.0 Å². The van der Waals surface area contributed by atoms with Gasteiger partial charge in [-0.25, -0.2) is 0 Å². The Morgan fingerprint density at radius 3 is 1.59 bits per heavy atom. The van der Waals surface area contributed by atoms with Crippen molar-refractivity contribution in [3.63, 3.8) is 0 Å². The number of fused-ring (bicyclic) bond motifs is 18. The van der Waals surface area contributed by atoms with Crippen LogP contribution in [0.25, 0.3) is 97.7 Å². The van der Waals surface area contributed by atoms with E-state index in [1.807, 2.05) is 0 Å². The van der Waals surface area contributed by atoms with Crippen molar-refractivity contribution in [2.45, 2.75) is 0 Å². The van der Waals surface area contributed by atoms with E-state index in [-0.39, 0.29) is 0 Å². The predicted octanol–water partition coefficient (Wildman–Crippen LogP) is 10.0. The lowest BCUT2D eigenvalue weighted by molar-refractivity contribution is 1.55. The number of rotatable bonds is 0. The Kier molecular flexibility index (Phi) is 3.44. The normalized spacial score (nSPS) is 12.6. The molecule has 0 aliphatic rings. The fourth-order valence-electron chi connectivity index (χ4n) is 7.20. The quantitative estimate of drug-likeness (QED) is 0.175. The van der Waals surface area contributed by atoms with Crippen LogP contribution in [-0.4, -0.2) is 15.0 Å². The molecule has 3 aromatic heterocycles. The van der Waals surface area contributed by atoms with Crippen LogP contribution >= 0.6 is 0 Å². The first-order chi connectivity index (χ1) is 19.3. The van der Waals surface area contributed by atoms with E-state index in [2.05, 4.69) is 124 Å². The van der Waals surface area contributed by atoms with Gasteiger partial charge in [0.1, 0.15) is 0 Å². The zero-order valence-corrected chi connectivity index (χ0v) is 20.9. The van der Waals surface area contributed by atoms with E-state index in [4.69, 9.17) is 0 Å². The molecule has 0 aliphatic heterocycles. The summed E-state index contributed by atoms with van der Waals surface area (Å²) in [6.45, 7) is 0. The van der Waals surface area contributed by atoms with Crippen LogP contribution in [0.2, 0.25) is 0 Å². The van der Waals surface area contributed by atoms with Gasteiger partial charge in [-0.15, -0.1) is 0 Å². The second-order valence-electron chi connectivity index (χ2n) is 10.7. The molecule has 0 fully saturated rings. The van der Waals surface area contributed by atoms with Crippen molar-refractivity contribution in [3.05, 3.63) is 109 Å². The summed E-state index contributed by atoms with van der Waals surface area (Å²) in [6, 6.07) is 39.7. The van der Waals surface area contributed by atoms with Gasteiger partial charge in [-0.3, -0.25) is 0 Å². The number of aromatic amines is 3. The molecule has 0 atom stereocenters. The van der Waals surface area contributed by atoms with Crippen molar-refractivity contribution < 1.29 is 0 Å². The fraction of sp³-hybridized carbons (Fsp3) is 0. The van der Waals surface area contributed by atoms with Crippen molar-refractivity contribution in [2.24, 2.45) is 0 Å². The van der Waals surface area contributed by atoms with Gasteiger partial charge in [0.25, 0.3) is 0 Å². The smallest absolute Gasteiger partial charge is 0.0566 e. The molecule has 0 unspecified atom stereocenters. The zero-order valence-electron chi connectivity index (χ0n) is 20.9. The highest BCUT2D eigenvalue weighted by atomic mass is 14.8. The van der Waals surface area contributed by atoms with Gasteiger partial charge in [-0.05, 0) is 33.7 Å². The SMILES string of the molecule is c1ccc2c(c1)ccc1c2[nH]c2ccc3c4ccc5[nH]c6c7ccccc7c7ccccc7c6c5c4[nH]c3c21. The Bertz CT molecular complexity index is 2660. The predicted molar refractivity (Wildman–Crippen MR) is 167 cm³/mol. The Hall–Kier alpha value is -5.28. The standard InChI is InChI=1S/C36H21N3/c1-2-8-20-19(7-1)13-14-27-30-28(37-33(20)27)17-15-25-26-16-18-29-32(36(26)39-34(25)30)31-23-11-5-3-9-21(23)22-10-4-6-12-24(22)35(31)38-29/h1-18,37-39H. The maximum absolute atomic E-state index is 3.94. The Morgan fingerprint density at radius 2 is 0.795 bits per heavy atom. The first kappa shape index (κ1) is 19.8. The molecule has 0 bridgehead atoms. The topological polar surface area (TPSA) is 47.4 Å². The molecule has 0 saturated heterocycles. The van der Waals surface area contributed by atoms with Crippen LogP contribution in [0.5, 0.6) is 0 Å². The van der Waals surface area contributed by atoms with Gasteiger partial charge in [0, 0.05) is 54.1 Å². The Labute approximate surface area is 221 Å². The molecule has 0 aliphatic carbocycles. The Morgan fingerprint density at radius 1 is 0.282 bits per heavy atom. The van der Waals surface area contributed by atoms with Crippen molar-refractivity contribution in [1.82, 2.24) is 15.0 Å². The minimum atomic E-state index is 1.16. The van der Waals surface area contributed by atoms with Crippen molar-refractivity contribution in [2.75, 3.05) is 0 Å². The molecular weight excluding hydrogens is 474 g/mol. The third kappa shape index (κ3) is 2.35. The number of nitrogens with one attached hydrogen (secondary N) is 3. The minimum absolute atomic E-state index is 1.16. The van der Waals surface area contributed by atoms with Crippen LogP contribution in [0.1, 0.15) is 0 Å². The molecule has 3 N–H and O–H groups in total. The van der Waals surface area contributed by atoms with E-state index < -0.39 is 0 Å². The van der Waals surface area contributed by atoms with Gasteiger partial charge < -0.3 is 15.0 Å². The maximum atomic E-state index is 3.94. The third-order valence-corrected chi connectivity index (χ3v) is 8.85. The number of H-pyrrole nitrogens is 3. The first-order valence-electron chi connectivity index (χ1n) is 13.5. The monoisotopic (exact) mass is 495 g/mol. The zero-order chi connectivity index (χ0) is 25.2. The molecule has 10 rings (SSSR count). The van der Waals surface area contributed by atoms with Crippen LogP contribution in [0.3, 0.4) is 0 Å². The summed E-state index contributed by atoms with van der Waals surface area (Å²) in [5, 5.41) is 15.2. The lowest BCUT2D eigenvalue weighted by atomic mass is 9.96. The van der Waals surface area contributed by atoms with E-state index in [1.54, 1.807) is 0 Å². The van der Waals surface area contributed by atoms with Gasteiger partial charge in [-0.1, -0.05) is 97.1 Å². The van der Waals surface area contributed by atoms with Gasteiger partial charge in [0.2, 0.25) is 0 Å². The average Bonchev–Trinajstić information content (AvgIpc) is 3.68. The third-order valence-electron chi connectivity index (χ3n) is 8.85. The largest absolute Gasteiger partial charge is 0.354 e. The highest BCUT2D eigenvalue weighted by Gasteiger charge is 2.19. The number of benzene rings is 7. The molecule has 39 heavy (non-hydrogen) atoms. The summed E-state index contributed by atoms with van der Waals surface area (Å²) in [4.78, 5) is 11.5. The van der Waals surface area contributed by atoms with E-state index in [0.29, 0.717) is 0 Å². The van der Waals surface area contributed by atoms with Crippen LogP contribution in [0.15, 0.2) is 109 Å². The highest BCUT2D eigenvalue weighted by molar-refractivity contribution is 6.37. The molecule has 10 aromatic rings. The maximum Gasteiger partial charge on any atom is 0.0566 e. The second-order valence-corrected chi connectivity index (χ2v) is 10.7. The molecule has 3 nitrogen and oxygen atoms in total. The number of hydrogen-bond donors (Lipinski definition) is 3. The minimum Gasteiger partial charge on any atom is -0.354 e. The number of hydrogen-bond acceptors (Lipinski definition) is 0. The summed E-state index contributed by atoms with van der Waals surface area (Å²) < 4.78 is 0. The lowest BCUT2D eigenvalue weighted by Gasteiger charge is -2.07. The first-order valence-corrected chi connectivity index (χ1v) is 13.5. The molecule has 3 heteroatoms. The summed E-state index contributed by atoms with van der Waals surface area (Å²) in [7, 11) is 0. The van der Waals surface area contributed by atoms with Gasteiger partial charge in [0.05, 0.1) is 22.1 Å². The lowest BCUT2D eigenvalue weighted by Crippen LogP contribution is -1.81. The van der Waals surface area contributed by atoms with E-state index >= 15 is 0 Å². The van der Waals surface area contributed by atoms with Crippen molar-refractivity contribution in [1.29, 1.82) is 0 Å². The number of aromatic nitrogens is 3. The van der Waals surface area contributed by atoms with Crippen LogP contribution in [0.4, 0.5) is 0 Å². The van der Waals surface area contributed by atoms with Crippen LogP contribution in [0, 0.1) is 0 Å². The van der Waals surface area contributed by atoms with E-state index in [1.165, 1.54) is 86.7 Å². The molecule has 0 radical (unpaired) electrons. The summed E-state index contributed by atoms with van der Waals surface area (Å²) in [5.74, 6) is 0. The Balaban J connectivity index is 1.44. The fourth-order valence-corrected chi connectivity index (χ4v) is 7.20. The molecule has 180 valence electrons. The second kappa shape index (κ2) is 6.77. The molecule has 0 saturated carbocycles. The van der Waals surface area contributed by atoms with Crippen molar-refractivity contribution >= 4 is 97.7 Å². The summed E-state index contributed by atoms with van der Waals surface area (Å²) >= 11 is 0. The molecule has 3 heterocycles. The summed E-state index contributed by atoms with van der Waals surface area (Å²) in [5.41, 5.74) is 7.10. The molecule has 7 aromatic carbocycles. The van der Waals surface area contributed by atoms with Crippen LogP contribution in [-0.2, 0) is 0 Å². The van der Waals surface area contributed by atoms with Gasteiger partial charge in [-0.2, -0.15) is 0 Å².